The molecule has 0 aliphatic heterocycles. The average molecular weight is 389 g/mol. The number of nitrogens with one attached hydrogen (secondary N) is 1. The maximum Gasteiger partial charge on any atom is 0.416 e. The quantitative estimate of drug-likeness (QED) is 0.537. The SMILES string of the molecule is COc1ccc(CNCc2cccc(F)c2)cc1-c1ccc(C(F)(F)F)cc1. The largest absolute Gasteiger partial charge is 0.496 e. The minimum absolute atomic E-state index is 0.284. The van der Waals surface area contributed by atoms with E-state index in [-0.39, 0.29) is 5.82 Å². The van der Waals surface area contributed by atoms with Crippen molar-refractivity contribution in [2.24, 2.45) is 0 Å². The molecule has 0 bridgehead atoms. The number of ether oxygens (including phenoxy) is 1. The predicted molar refractivity (Wildman–Crippen MR) is 100 cm³/mol. The van der Waals surface area contributed by atoms with Crippen LogP contribution in [0.25, 0.3) is 11.1 Å². The van der Waals surface area contributed by atoms with Gasteiger partial charge in [0.2, 0.25) is 0 Å². The third-order valence-electron chi connectivity index (χ3n) is 4.33. The number of hydrogen-bond donors (Lipinski definition) is 1. The summed E-state index contributed by atoms with van der Waals surface area (Å²) in [5.74, 6) is 0.293. The molecule has 3 aromatic carbocycles. The Kier molecular flexibility index (Phi) is 5.99. The molecule has 0 unspecified atom stereocenters. The van der Waals surface area contributed by atoms with Crippen molar-refractivity contribution in [2.75, 3.05) is 7.11 Å². The Morgan fingerprint density at radius 1 is 0.857 bits per heavy atom. The molecule has 0 fully saturated rings. The third kappa shape index (κ3) is 4.89. The van der Waals surface area contributed by atoms with E-state index in [9.17, 15) is 17.6 Å². The van der Waals surface area contributed by atoms with Gasteiger partial charge >= 0.3 is 6.18 Å². The molecule has 0 aromatic heterocycles. The Balaban J connectivity index is 1.76. The first-order valence-electron chi connectivity index (χ1n) is 8.66. The molecule has 146 valence electrons. The molecular formula is C22H19F4NO. The summed E-state index contributed by atoms with van der Waals surface area (Å²) in [6, 6.07) is 16.9. The van der Waals surface area contributed by atoms with E-state index in [4.69, 9.17) is 4.74 Å². The molecule has 6 heteroatoms. The van der Waals surface area contributed by atoms with Gasteiger partial charge in [-0.25, -0.2) is 4.39 Å². The predicted octanol–water partition coefficient (Wildman–Crippen LogP) is 5.81. The number of alkyl halides is 3. The van der Waals surface area contributed by atoms with Crippen LogP contribution < -0.4 is 10.1 Å². The smallest absolute Gasteiger partial charge is 0.416 e. The lowest BCUT2D eigenvalue weighted by atomic mass is 10.0. The summed E-state index contributed by atoms with van der Waals surface area (Å²) in [6.07, 6.45) is -4.37. The Hall–Kier alpha value is -2.86. The molecule has 0 aliphatic carbocycles. The summed E-state index contributed by atoms with van der Waals surface area (Å²) in [6.45, 7) is 1.02. The molecular weight excluding hydrogens is 370 g/mol. The number of hydrogen-bond acceptors (Lipinski definition) is 2. The summed E-state index contributed by atoms with van der Waals surface area (Å²) in [4.78, 5) is 0. The van der Waals surface area contributed by atoms with E-state index < -0.39 is 11.7 Å². The molecule has 3 rings (SSSR count). The summed E-state index contributed by atoms with van der Waals surface area (Å²) >= 11 is 0. The van der Waals surface area contributed by atoms with E-state index in [0.717, 1.165) is 23.3 Å². The van der Waals surface area contributed by atoms with Crippen molar-refractivity contribution in [3.63, 3.8) is 0 Å². The molecule has 0 aliphatic rings. The maximum atomic E-state index is 13.2. The second-order valence-electron chi connectivity index (χ2n) is 6.34. The van der Waals surface area contributed by atoms with Crippen LogP contribution in [0.1, 0.15) is 16.7 Å². The molecule has 2 nitrogen and oxygen atoms in total. The minimum Gasteiger partial charge on any atom is -0.496 e. The summed E-state index contributed by atoms with van der Waals surface area (Å²) in [7, 11) is 1.52. The van der Waals surface area contributed by atoms with Crippen molar-refractivity contribution in [1.29, 1.82) is 0 Å². The van der Waals surface area contributed by atoms with Gasteiger partial charge in [0.05, 0.1) is 12.7 Å². The Labute approximate surface area is 160 Å². The van der Waals surface area contributed by atoms with E-state index in [0.29, 0.717) is 30.0 Å². The molecule has 0 radical (unpaired) electrons. The van der Waals surface area contributed by atoms with Crippen LogP contribution in [-0.2, 0) is 19.3 Å². The molecule has 28 heavy (non-hydrogen) atoms. The highest BCUT2D eigenvalue weighted by atomic mass is 19.4. The normalized spacial score (nSPS) is 11.5. The van der Waals surface area contributed by atoms with Crippen LogP contribution in [0.3, 0.4) is 0 Å². The van der Waals surface area contributed by atoms with Gasteiger partial charge in [-0.1, -0.05) is 30.3 Å². The molecule has 0 spiro atoms. The van der Waals surface area contributed by atoms with Crippen molar-refractivity contribution in [2.45, 2.75) is 19.3 Å². The van der Waals surface area contributed by atoms with Gasteiger partial charge in [0.15, 0.2) is 0 Å². The topological polar surface area (TPSA) is 21.3 Å². The lowest BCUT2D eigenvalue weighted by Crippen LogP contribution is -2.12. The first-order chi connectivity index (χ1) is 13.4. The Morgan fingerprint density at radius 2 is 1.54 bits per heavy atom. The van der Waals surface area contributed by atoms with Gasteiger partial charge in [-0.3, -0.25) is 0 Å². The van der Waals surface area contributed by atoms with Crippen LogP contribution >= 0.6 is 0 Å². The molecule has 0 amide bonds. The summed E-state index contributed by atoms with van der Waals surface area (Å²) < 4.78 is 56.9. The monoisotopic (exact) mass is 389 g/mol. The zero-order valence-corrected chi connectivity index (χ0v) is 15.2. The van der Waals surface area contributed by atoms with Gasteiger partial charge in [0.25, 0.3) is 0 Å². The van der Waals surface area contributed by atoms with E-state index in [1.807, 2.05) is 18.2 Å². The fourth-order valence-corrected chi connectivity index (χ4v) is 2.93. The van der Waals surface area contributed by atoms with E-state index in [2.05, 4.69) is 5.32 Å². The minimum atomic E-state index is -4.37. The van der Waals surface area contributed by atoms with Gasteiger partial charge < -0.3 is 10.1 Å². The van der Waals surface area contributed by atoms with E-state index in [1.165, 1.54) is 31.4 Å². The van der Waals surface area contributed by atoms with Gasteiger partial charge in [-0.15, -0.1) is 0 Å². The van der Waals surface area contributed by atoms with Crippen LogP contribution in [0.2, 0.25) is 0 Å². The zero-order valence-electron chi connectivity index (χ0n) is 15.2. The van der Waals surface area contributed by atoms with Gasteiger partial charge in [0, 0.05) is 18.7 Å². The standard InChI is InChI=1S/C22H19F4NO/c1-28-21-10-5-16(14-27-13-15-3-2-4-19(23)11-15)12-20(21)17-6-8-18(9-7-17)22(24,25)26/h2-12,27H,13-14H2,1H3. The van der Waals surface area contributed by atoms with E-state index in [1.54, 1.807) is 12.1 Å². The number of benzene rings is 3. The lowest BCUT2D eigenvalue weighted by molar-refractivity contribution is -0.137. The highest BCUT2D eigenvalue weighted by Crippen LogP contribution is 2.34. The Morgan fingerprint density at radius 3 is 2.14 bits per heavy atom. The van der Waals surface area contributed by atoms with E-state index >= 15 is 0 Å². The van der Waals surface area contributed by atoms with Crippen LogP contribution in [-0.4, -0.2) is 7.11 Å². The van der Waals surface area contributed by atoms with Crippen molar-refractivity contribution in [3.05, 3.63) is 89.2 Å². The molecule has 0 saturated heterocycles. The highest BCUT2D eigenvalue weighted by Gasteiger charge is 2.30. The van der Waals surface area contributed by atoms with Gasteiger partial charge in [-0.2, -0.15) is 13.2 Å². The third-order valence-corrected chi connectivity index (χ3v) is 4.33. The Bertz CT molecular complexity index is 936. The van der Waals surface area contributed by atoms with Crippen LogP contribution in [0, 0.1) is 5.82 Å². The highest BCUT2D eigenvalue weighted by molar-refractivity contribution is 5.71. The van der Waals surface area contributed by atoms with Crippen LogP contribution in [0.4, 0.5) is 17.6 Å². The van der Waals surface area contributed by atoms with Crippen molar-refractivity contribution in [1.82, 2.24) is 5.32 Å². The van der Waals surface area contributed by atoms with Crippen molar-refractivity contribution >= 4 is 0 Å². The fourth-order valence-electron chi connectivity index (χ4n) is 2.93. The molecule has 0 atom stereocenters. The first-order valence-corrected chi connectivity index (χ1v) is 8.66. The number of halogens is 4. The summed E-state index contributed by atoms with van der Waals surface area (Å²) in [5, 5.41) is 3.23. The summed E-state index contributed by atoms with van der Waals surface area (Å²) in [5.41, 5.74) is 2.42. The zero-order chi connectivity index (χ0) is 20.1. The van der Waals surface area contributed by atoms with Gasteiger partial charge in [0.1, 0.15) is 11.6 Å². The lowest BCUT2D eigenvalue weighted by Gasteiger charge is -2.13. The van der Waals surface area contributed by atoms with Crippen molar-refractivity contribution < 1.29 is 22.3 Å². The number of methoxy groups -OCH3 is 1. The van der Waals surface area contributed by atoms with Crippen LogP contribution in [0.15, 0.2) is 66.7 Å². The maximum absolute atomic E-state index is 13.2. The fraction of sp³-hybridized carbons (Fsp3) is 0.182. The van der Waals surface area contributed by atoms with Gasteiger partial charge in [-0.05, 0) is 53.1 Å². The molecule has 3 aromatic rings. The second-order valence-corrected chi connectivity index (χ2v) is 6.34. The molecule has 0 saturated carbocycles. The first kappa shape index (κ1) is 19.9. The van der Waals surface area contributed by atoms with Crippen molar-refractivity contribution in [3.8, 4) is 16.9 Å². The second kappa shape index (κ2) is 8.44. The number of rotatable bonds is 6. The van der Waals surface area contributed by atoms with Crippen LogP contribution in [0.5, 0.6) is 5.75 Å². The average Bonchev–Trinajstić information content (AvgIpc) is 2.67. The molecule has 0 heterocycles. The molecule has 1 N–H and O–H groups in total.